The largest absolute Gasteiger partial charge is 0.313 e. The Hall–Kier alpha value is -0.350. The second kappa shape index (κ2) is 4.66. The molecule has 1 fully saturated rings. The van der Waals surface area contributed by atoms with Gasteiger partial charge in [-0.15, -0.1) is 0 Å². The Bertz CT molecular complexity index is 307. The minimum Gasteiger partial charge on any atom is -0.313 e. The fourth-order valence-electron chi connectivity index (χ4n) is 2.13. The van der Waals surface area contributed by atoms with Crippen molar-refractivity contribution in [2.24, 2.45) is 13.0 Å². The molecule has 4 heteroatoms. The van der Waals surface area contributed by atoms with Crippen LogP contribution in [0.5, 0.6) is 0 Å². The third-order valence-corrected chi connectivity index (χ3v) is 3.88. The molecular formula is C11H18BrN3. The van der Waals surface area contributed by atoms with Gasteiger partial charge in [-0.3, -0.25) is 4.68 Å². The molecule has 1 aromatic heterocycles. The van der Waals surface area contributed by atoms with Crippen molar-refractivity contribution >= 4 is 15.9 Å². The van der Waals surface area contributed by atoms with Gasteiger partial charge in [0.15, 0.2) is 0 Å². The molecule has 1 N–H and O–H groups in total. The van der Waals surface area contributed by atoms with E-state index in [1.54, 1.807) is 0 Å². The van der Waals surface area contributed by atoms with Crippen molar-refractivity contribution in [1.82, 2.24) is 15.1 Å². The van der Waals surface area contributed by atoms with Crippen molar-refractivity contribution in [2.45, 2.75) is 32.2 Å². The average molecular weight is 272 g/mol. The monoisotopic (exact) mass is 271 g/mol. The molecule has 2 atom stereocenters. The van der Waals surface area contributed by atoms with Crippen molar-refractivity contribution in [1.29, 1.82) is 0 Å². The average Bonchev–Trinajstić information content (AvgIpc) is 2.53. The van der Waals surface area contributed by atoms with Crippen LogP contribution < -0.4 is 5.32 Å². The van der Waals surface area contributed by atoms with Crippen LogP contribution in [0.4, 0.5) is 0 Å². The first-order chi connectivity index (χ1) is 7.16. The third kappa shape index (κ3) is 2.61. The Labute approximate surface area is 99.4 Å². The smallest absolute Gasteiger partial charge is 0.0635 e. The maximum absolute atomic E-state index is 4.24. The fourth-order valence-corrected chi connectivity index (χ4v) is 2.64. The predicted octanol–water partition coefficient (Wildman–Crippen LogP) is 2.11. The van der Waals surface area contributed by atoms with Crippen LogP contribution in [0.3, 0.4) is 0 Å². The van der Waals surface area contributed by atoms with Crippen LogP contribution in [0.15, 0.2) is 10.7 Å². The summed E-state index contributed by atoms with van der Waals surface area (Å²) < 4.78 is 3.09. The first kappa shape index (κ1) is 11.1. The van der Waals surface area contributed by atoms with Crippen LogP contribution >= 0.6 is 15.9 Å². The zero-order valence-corrected chi connectivity index (χ0v) is 10.9. The number of hydrogen-bond acceptors (Lipinski definition) is 2. The summed E-state index contributed by atoms with van der Waals surface area (Å²) in [6, 6.07) is 0.618. The predicted molar refractivity (Wildman–Crippen MR) is 64.8 cm³/mol. The Kier molecular flexibility index (Phi) is 3.46. The Morgan fingerprint density at radius 2 is 2.40 bits per heavy atom. The van der Waals surface area contributed by atoms with Crippen LogP contribution in [0.2, 0.25) is 0 Å². The number of piperidine rings is 1. The van der Waals surface area contributed by atoms with E-state index in [1.807, 2.05) is 17.9 Å². The molecule has 84 valence electrons. The number of nitrogens with zero attached hydrogens (tertiary/aromatic N) is 2. The molecule has 0 amide bonds. The summed E-state index contributed by atoms with van der Waals surface area (Å²) in [6.45, 7) is 3.46. The summed E-state index contributed by atoms with van der Waals surface area (Å²) in [5.74, 6) is 0.830. The summed E-state index contributed by atoms with van der Waals surface area (Å²) >= 11 is 3.54. The Balaban J connectivity index is 1.97. The van der Waals surface area contributed by atoms with Gasteiger partial charge in [-0.1, -0.05) is 6.92 Å². The summed E-state index contributed by atoms with van der Waals surface area (Å²) in [7, 11) is 2.01. The highest BCUT2D eigenvalue weighted by molar-refractivity contribution is 9.10. The van der Waals surface area contributed by atoms with Crippen molar-refractivity contribution in [2.75, 3.05) is 6.54 Å². The molecule has 0 radical (unpaired) electrons. The van der Waals surface area contributed by atoms with Crippen molar-refractivity contribution in [3.8, 4) is 0 Å². The molecule has 0 aromatic carbocycles. The second-order valence-electron chi connectivity index (χ2n) is 4.55. The van der Waals surface area contributed by atoms with Crippen molar-refractivity contribution in [3.63, 3.8) is 0 Å². The van der Waals surface area contributed by atoms with Crippen LogP contribution in [-0.4, -0.2) is 22.4 Å². The number of aryl methyl sites for hydroxylation is 1. The van der Waals surface area contributed by atoms with Gasteiger partial charge in [0.25, 0.3) is 0 Å². The zero-order chi connectivity index (χ0) is 10.8. The first-order valence-corrected chi connectivity index (χ1v) is 6.36. The molecule has 0 bridgehead atoms. The van der Waals surface area contributed by atoms with Crippen molar-refractivity contribution < 1.29 is 0 Å². The van der Waals surface area contributed by atoms with Crippen LogP contribution in [-0.2, 0) is 13.5 Å². The zero-order valence-electron chi connectivity index (χ0n) is 9.33. The molecule has 1 aromatic rings. The quantitative estimate of drug-likeness (QED) is 0.893. The third-order valence-electron chi connectivity index (χ3n) is 3.21. The summed E-state index contributed by atoms with van der Waals surface area (Å²) in [6.07, 6.45) is 5.57. The van der Waals surface area contributed by atoms with E-state index in [9.17, 15) is 0 Å². The van der Waals surface area contributed by atoms with Gasteiger partial charge in [-0.25, -0.2) is 0 Å². The SMILES string of the molecule is CC1CCC(Cc2c(Br)cnn2C)NC1. The van der Waals surface area contributed by atoms with Gasteiger partial charge in [0.2, 0.25) is 0 Å². The number of hydrogen-bond donors (Lipinski definition) is 1. The number of nitrogens with one attached hydrogen (secondary N) is 1. The standard InChI is InChI=1S/C11H18BrN3/c1-8-3-4-9(13-6-8)5-11-10(12)7-14-15(11)2/h7-9,13H,3-6H2,1-2H3. The van der Waals surface area contributed by atoms with Gasteiger partial charge in [0.1, 0.15) is 0 Å². The lowest BCUT2D eigenvalue weighted by Gasteiger charge is -2.27. The molecule has 2 unspecified atom stereocenters. The molecule has 2 heterocycles. The first-order valence-electron chi connectivity index (χ1n) is 5.56. The van der Waals surface area contributed by atoms with Gasteiger partial charge < -0.3 is 5.32 Å². The van der Waals surface area contributed by atoms with Gasteiger partial charge >= 0.3 is 0 Å². The molecule has 0 spiro atoms. The minimum atomic E-state index is 0.618. The topological polar surface area (TPSA) is 29.9 Å². The van der Waals surface area contributed by atoms with E-state index >= 15 is 0 Å². The van der Waals surface area contributed by atoms with Gasteiger partial charge in [-0.2, -0.15) is 5.10 Å². The Morgan fingerprint density at radius 3 is 2.93 bits per heavy atom. The lowest BCUT2D eigenvalue weighted by atomic mass is 9.94. The molecule has 1 aliphatic heterocycles. The van der Waals surface area contributed by atoms with E-state index in [1.165, 1.54) is 18.5 Å². The number of rotatable bonds is 2. The summed E-state index contributed by atoms with van der Waals surface area (Å²) in [5, 5.41) is 7.84. The summed E-state index contributed by atoms with van der Waals surface area (Å²) in [5.41, 5.74) is 1.29. The maximum atomic E-state index is 4.24. The minimum absolute atomic E-state index is 0.618. The lowest BCUT2D eigenvalue weighted by Crippen LogP contribution is -2.39. The van der Waals surface area contributed by atoms with E-state index in [-0.39, 0.29) is 0 Å². The van der Waals surface area contributed by atoms with Gasteiger partial charge in [0.05, 0.1) is 16.4 Å². The maximum Gasteiger partial charge on any atom is 0.0635 e. The molecule has 0 aliphatic carbocycles. The van der Waals surface area contributed by atoms with E-state index in [0.717, 1.165) is 23.4 Å². The number of halogens is 1. The van der Waals surface area contributed by atoms with Gasteiger partial charge in [0, 0.05) is 19.5 Å². The molecule has 15 heavy (non-hydrogen) atoms. The molecule has 1 saturated heterocycles. The van der Waals surface area contributed by atoms with E-state index in [2.05, 4.69) is 33.3 Å². The van der Waals surface area contributed by atoms with Crippen LogP contribution in [0.1, 0.15) is 25.5 Å². The van der Waals surface area contributed by atoms with Gasteiger partial charge in [-0.05, 0) is 41.2 Å². The highest BCUT2D eigenvalue weighted by Crippen LogP contribution is 2.21. The number of aromatic nitrogens is 2. The Morgan fingerprint density at radius 1 is 1.60 bits per heavy atom. The lowest BCUT2D eigenvalue weighted by molar-refractivity contribution is 0.322. The van der Waals surface area contributed by atoms with Crippen LogP contribution in [0, 0.1) is 5.92 Å². The fraction of sp³-hybridized carbons (Fsp3) is 0.727. The van der Waals surface area contributed by atoms with Crippen LogP contribution in [0.25, 0.3) is 0 Å². The highest BCUT2D eigenvalue weighted by Gasteiger charge is 2.19. The highest BCUT2D eigenvalue weighted by atomic mass is 79.9. The van der Waals surface area contributed by atoms with E-state index < -0.39 is 0 Å². The van der Waals surface area contributed by atoms with Crippen molar-refractivity contribution in [3.05, 3.63) is 16.4 Å². The van der Waals surface area contributed by atoms with E-state index in [0.29, 0.717) is 6.04 Å². The summed E-state index contributed by atoms with van der Waals surface area (Å²) in [4.78, 5) is 0. The normalized spacial score (nSPS) is 26.9. The molecule has 3 nitrogen and oxygen atoms in total. The molecular weight excluding hydrogens is 254 g/mol. The molecule has 1 aliphatic rings. The van der Waals surface area contributed by atoms with E-state index in [4.69, 9.17) is 0 Å². The molecule has 2 rings (SSSR count). The second-order valence-corrected chi connectivity index (χ2v) is 5.41. The molecule has 0 saturated carbocycles.